The highest BCUT2D eigenvalue weighted by molar-refractivity contribution is 5.79. The molecule has 0 atom stereocenters. The molecule has 0 aliphatic rings. The minimum atomic E-state index is -4.42. The van der Waals surface area contributed by atoms with Crippen molar-refractivity contribution < 1.29 is 18.0 Å². The van der Waals surface area contributed by atoms with E-state index >= 15 is 0 Å². The molecule has 0 saturated heterocycles. The molecule has 0 unspecified atom stereocenters. The topological polar surface area (TPSA) is 45.4 Å². The van der Waals surface area contributed by atoms with Crippen LogP contribution in [0.5, 0.6) is 0 Å². The third kappa shape index (κ3) is 4.46. The maximum atomic E-state index is 11.6. The second-order valence-corrected chi connectivity index (χ2v) is 2.78. The zero-order chi connectivity index (χ0) is 12.0. The molecule has 0 heterocycles. The fourth-order valence-corrected chi connectivity index (χ4v) is 0.849. The molecule has 6 heteroatoms. The fourth-order valence-electron chi connectivity index (χ4n) is 0.849. The Morgan fingerprint density at radius 1 is 1.31 bits per heavy atom. The predicted octanol–water partition coefficient (Wildman–Crippen LogP) is 2.35. The van der Waals surface area contributed by atoms with E-state index in [2.05, 4.69) is 16.2 Å². The van der Waals surface area contributed by atoms with Gasteiger partial charge in [-0.2, -0.15) is 18.4 Å². The lowest BCUT2D eigenvalue weighted by Crippen LogP contribution is -2.14. The summed E-state index contributed by atoms with van der Waals surface area (Å²) in [5.41, 5.74) is 0.747. The second-order valence-electron chi connectivity index (χ2n) is 2.78. The van der Waals surface area contributed by atoms with Gasteiger partial charge in [-0.15, -0.1) is 0 Å². The maximum absolute atomic E-state index is 11.6. The van der Waals surface area contributed by atoms with Crippen LogP contribution in [0.15, 0.2) is 29.4 Å². The quantitative estimate of drug-likeness (QED) is 0.587. The summed E-state index contributed by atoms with van der Waals surface area (Å²) in [5, 5.41) is 11.6. The molecule has 16 heavy (non-hydrogen) atoms. The van der Waals surface area contributed by atoms with Gasteiger partial charge in [-0.25, -0.2) is 0 Å². The summed E-state index contributed by atoms with van der Waals surface area (Å²) in [4.78, 5) is 3.98. The minimum absolute atomic E-state index is 0.371. The first kappa shape index (κ1) is 12.0. The van der Waals surface area contributed by atoms with Crippen LogP contribution >= 0.6 is 0 Å². The van der Waals surface area contributed by atoms with Crippen molar-refractivity contribution in [3.8, 4) is 6.07 Å². The van der Waals surface area contributed by atoms with Gasteiger partial charge >= 0.3 is 6.18 Å². The minimum Gasteiger partial charge on any atom is -0.386 e. The summed E-state index contributed by atoms with van der Waals surface area (Å²) in [7, 11) is 0. The van der Waals surface area contributed by atoms with E-state index < -0.39 is 12.8 Å². The largest absolute Gasteiger partial charge is 0.425 e. The smallest absolute Gasteiger partial charge is 0.386 e. The highest BCUT2D eigenvalue weighted by Crippen LogP contribution is 2.14. The lowest BCUT2D eigenvalue weighted by atomic mass is 10.1. The molecule has 0 amide bonds. The fraction of sp³-hybridized carbons (Fsp3) is 0.200. The van der Waals surface area contributed by atoms with Crippen molar-refractivity contribution >= 4 is 6.21 Å². The van der Waals surface area contributed by atoms with Crippen molar-refractivity contribution in [2.75, 3.05) is 6.61 Å². The number of nitrogens with zero attached hydrogens (tertiary/aromatic N) is 2. The number of nitriles is 1. The molecule has 0 N–H and O–H groups in total. The molecule has 3 nitrogen and oxygen atoms in total. The summed E-state index contributed by atoms with van der Waals surface area (Å²) < 4.78 is 34.9. The average Bonchev–Trinajstić information content (AvgIpc) is 2.23. The van der Waals surface area contributed by atoms with Crippen LogP contribution < -0.4 is 0 Å². The van der Waals surface area contributed by atoms with Gasteiger partial charge in [-0.3, -0.25) is 0 Å². The number of hydrogen-bond acceptors (Lipinski definition) is 3. The highest BCUT2D eigenvalue weighted by Gasteiger charge is 2.28. The SMILES string of the molecule is N#Cc1cccc(/[C]=N\OCC(F)(F)F)c1. The van der Waals surface area contributed by atoms with Gasteiger partial charge in [0.2, 0.25) is 6.61 Å². The monoisotopic (exact) mass is 227 g/mol. The van der Waals surface area contributed by atoms with Crippen molar-refractivity contribution in [3.05, 3.63) is 35.4 Å². The Labute approximate surface area is 89.7 Å². The van der Waals surface area contributed by atoms with E-state index in [0.29, 0.717) is 11.1 Å². The zero-order valence-electron chi connectivity index (χ0n) is 7.95. The molecule has 0 aliphatic carbocycles. The van der Waals surface area contributed by atoms with E-state index in [1.165, 1.54) is 6.07 Å². The van der Waals surface area contributed by atoms with Crippen molar-refractivity contribution in [3.63, 3.8) is 0 Å². The zero-order valence-corrected chi connectivity index (χ0v) is 7.95. The Kier molecular flexibility index (Phi) is 3.89. The van der Waals surface area contributed by atoms with E-state index in [9.17, 15) is 13.2 Å². The van der Waals surface area contributed by atoms with Crippen LogP contribution in [0.2, 0.25) is 0 Å². The number of alkyl halides is 3. The molecule has 1 aromatic carbocycles. The standard InChI is InChI=1S/C10H6F3N2O/c11-10(12,13)7-16-15-6-9-3-1-2-8(4-9)5-14/h1-4H,7H2. The van der Waals surface area contributed by atoms with Crippen LogP contribution in [0.3, 0.4) is 0 Å². The van der Waals surface area contributed by atoms with Crippen LogP contribution in [-0.4, -0.2) is 19.0 Å². The maximum Gasteiger partial charge on any atom is 0.425 e. The number of hydrogen-bond donors (Lipinski definition) is 0. The van der Waals surface area contributed by atoms with E-state index in [-0.39, 0.29) is 0 Å². The number of halogens is 3. The summed E-state index contributed by atoms with van der Waals surface area (Å²) in [5.74, 6) is 0. The van der Waals surface area contributed by atoms with Gasteiger partial charge in [-0.05, 0) is 12.1 Å². The first-order valence-corrected chi connectivity index (χ1v) is 4.16. The van der Waals surface area contributed by atoms with Crippen LogP contribution in [0, 0.1) is 11.3 Å². The molecule has 0 fully saturated rings. The summed E-state index contributed by atoms with van der Waals surface area (Å²) in [6.07, 6.45) is -2.17. The van der Waals surface area contributed by atoms with Crippen molar-refractivity contribution in [1.82, 2.24) is 0 Å². The van der Waals surface area contributed by atoms with E-state index in [0.717, 1.165) is 0 Å². The molecule has 1 rings (SSSR count). The molecule has 0 spiro atoms. The summed E-state index contributed by atoms with van der Waals surface area (Å²) in [6.45, 7) is -1.46. The second kappa shape index (κ2) is 5.16. The summed E-state index contributed by atoms with van der Waals surface area (Å²) in [6, 6.07) is 7.98. The van der Waals surface area contributed by atoms with Crippen LogP contribution in [0.4, 0.5) is 13.2 Å². The van der Waals surface area contributed by atoms with Crippen LogP contribution in [0.25, 0.3) is 0 Å². The Morgan fingerprint density at radius 2 is 2.00 bits per heavy atom. The molecule has 0 aliphatic heterocycles. The molecular formula is C10H6F3N2O. The molecule has 0 aromatic heterocycles. The van der Waals surface area contributed by atoms with Gasteiger partial charge in [0.1, 0.15) is 6.21 Å². The van der Waals surface area contributed by atoms with Gasteiger partial charge in [-0.1, -0.05) is 17.3 Å². The van der Waals surface area contributed by atoms with Crippen LogP contribution in [0.1, 0.15) is 11.1 Å². The van der Waals surface area contributed by atoms with Crippen molar-refractivity contribution in [2.45, 2.75) is 6.18 Å². The molecule has 83 valence electrons. The molecule has 0 bridgehead atoms. The normalized spacial score (nSPS) is 11.4. The van der Waals surface area contributed by atoms with Gasteiger partial charge in [0, 0.05) is 5.56 Å². The Morgan fingerprint density at radius 3 is 2.62 bits per heavy atom. The third-order valence-electron chi connectivity index (χ3n) is 1.46. The van der Waals surface area contributed by atoms with E-state index in [1.807, 2.05) is 6.07 Å². The molecule has 1 radical (unpaired) electrons. The van der Waals surface area contributed by atoms with Crippen molar-refractivity contribution in [1.29, 1.82) is 5.26 Å². The van der Waals surface area contributed by atoms with Crippen molar-refractivity contribution in [2.24, 2.45) is 5.16 Å². The Balaban J connectivity index is 2.54. The van der Waals surface area contributed by atoms with Gasteiger partial charge in [0.25, 0.3) is 0 Å². The Bertz CT molecular complexity index is 421. The number of benzene rings is 1. The molecule has 0 saturated carbocycles. The Hall–Kier alpha value is -2.03. The third-order valence-corrected chi connectivity index (χ3v) is 1.46. The number of rotatable bonds is 3. The van der Waals surface area contributed by atoms with Gasteiger partial charge in [0.05, 0.1) is 11.6 Å². The van der Waals surface area contributed by atoms with E-state index in [4.69, 9.17) is 5.26 Å². The first-order chi connectivity index (χ1) is 7.51. The molecular weight excluding hydrogens is 221 g/mol. The lowest BCUT2D eigenvalue weighted by Gasteiger charge is -2.02. The van der Waals surface area contributed by atoms with Gasteiger partial charge < -0.3 is 4.84 Å². The van der Waals surface area contributed by atoms with E-state index in [1.54, 1.807) is 18.2 Å². The average molecular weight is 227 g/mol. The highest BCUT2D eigenvalue weighted by atomic mass is 19.4. The first-order valence-electron chi connectivity index (χ1n) is 4.16. The van der Waals surface area contributed by atoms with Crippen LogP contribution in [-0.2, 0) is 4.84 Å². The van der Waals surface area contributed by atoms with Gasteiger partial charge in [0.15, 0.2) is 0 Å². The summed E-state index contributed by atoms with van der Waals surface area (Å²) >= 11 is 0. The molecule has 1 aromatic rings. The predicted molar refractivity (Wildman–Crippen MR) is 49.7 cm³/mol. The lowest BCUT2D eigenvalue weighted by molar-refractivity contribution is -0.173.